The highest BCUT2D eigenvalue weighted by Crippen LogP contribution is 2.31. The number of fused-ring (bicyclic) bond motifs is 3. The number of nitriles is 1. The summed E-state index contributed by atoms with van der Waals surface area (Å²) >= 11 is 0. The zero-order chi connectivity index (χ0) is 20.7. The van der Waals surface area contributed by atoms with Crippen LogP contribution in [-0.4, -0.2) is 14.1 Å². The third kappa shape index (κ3) is 2.95. The standard InChI is InChI=1S/C22H18N4O3/c1-14(2)13-24-19-6-4-3-5-18(19)21-20(24)11-15(12-23)22(27)25(21)16-7-9-17(10-8-16)26(28)29/h3-11,14H,13H2,1-2H3. The van der Waals surface area contributed by atoms with Crippen molar-refractivity contribution in [3.8, 4) is 11.8 Å². The van der Waals surface area contributed by atoms with Gasteiger partial charge in [0.25, 0.3) is 11.2 Å². The number of nitro groups is 1. The molecule has 0 spiro atoms. The van der Waals surface area contributed by atoms with Crippen molar-refractivity contribution in [1.82, 2.24) is 9.13 Å². The van der Waals surface area contributed by atoms with Crippen molar-refractivity contribution >= 4 is 27.6 Å². The molecule has 0 amide bonds. The van der Waals surface area contributed by atoms with E-state index in [0.29, 0.717) is 17.1 Å². The van der Waals surface area contributed by atoms with E-state index < -0.39 is 10.5 Å². The molecule has 0 aliphatic carbocycles. The van der Waals surface area contributed by atoms with Crippen molar-refractivity contribution in [2.75, 3.05) is 0 Å². The maximum absolute atomic E-state index is 13.1. The number of aromatic nitrogens is 2. The molecule has 0 aliphatic rings. The van der Waals surface area contributed by atoms with Gasteiger partial charge in [0.15, 0.2) is 0 Å². The fourth-order valence-electron chi connectivity index (χ4n) is 3.72. The molecule has 0 aliphatic heterocycles. The van der Waals surface area contributed by atoms with Crippen LogP contribution in [0.4, 0.5) is 5.69 Å². The molecular weight excluding hydrogens is 368 g/mol. The quantitative estimate of drug-likeness (QED) is 0.384. The zero-order valence-corrected chi connectivity index (χ0v) is 16.0. The Bertz CT molecular complexity index is 1360. The number of para-hydroxylation sites is 1. The van der Waals surface area contributed by atoms with Crippen LogP contribution in [0.5, 0.6) is 0 Å². The molecule has 4 aromatic rings. The molecule has 144 valence electrons. The highest BCUT2D eigenvalue weighted by Gasteiger charge is 2.19. The van der Waals surface area contributed by atoms with E-state index in [9.17, 15) is 20.2 Å². The molecule has 0 fully saturated rings. The maximum atomic E-state index is 13.1. The summed E-state index contributed by atoms with van der Waals surface area (Å²) < 4.78 is 3.61. The van der Waals surface area contributed by atoms with Gasteiger partial charge in [-0.3, -0.25) is 19.5 Å². The third-order valence-electron chi connectivity index (χ3n) is 4.91. The molecule has 7 nitrogen and oxygen atoms in total. The van der Waals surface area contributed by atoms with Crippen LogP contribution in [0.15, 0.2) is 59.4 Å². The minimum Gasteiger partial charge on any atom is -0.339 e. The Hall–Kier alpha value is -3.92. The van der Waals surface area contributed by atoms with Crippen LogP contribution in [0, 0.1) is 27.4 Å². The number of nitrogens with zero attached hydrogens (tertiary/aromatic N) is 4. The molecule has 0 saturated heterocycles. The van der Waals surface area contributed by atoms with Crippen LogP contribution in [0.1, 0.15) is 19.4 Å². The predicted molar refractivity (Wildman–Crippen MR) is 111 cm³/mol. The fourth-order valence-corrected chi connectivity index (χ4v) is 3.72. The van der Waals surface area contributed by atoms with Gasteiger partial charge in [0, 0.05) is 29.8 Å². The molecule has 0 unspecified atom stereocenters. The van der Waals surface area contributed by atoms with Gasteiger partial charge in [-0.05, 0) is 30.2 Å². The second-order valence-corrected chi connectivity index (χ2v) is 7.34. The van der Waals surface area contributed by atoms with E-state index in [4.69, 9.17) is 0 Å². The van der Waals surface area contributed by atoms with Crippen LogP contribution in [-0.2, 0) is 6.54 Å². The zero-order valence-electron chi connectivity index (χ0n) is 16.0. The summed E-state index contributed by atoms with van der Waals surface area (Å²) in [6.07, 6.45) is 0. The van der Waals surface area contributed by atoms with Crippen LogP contribution in [0.25, 0.3) is 27.6 Å². The van der Waals surface area contributed by atoms with Gasteiger partial charge in [-0.1, -0.05) is 32.0 Å². The van der Waals surface area contributed by atoms with Crippen molar-refractivity contribution in [3.63, 3.8) is 0 Å². The first-order valence-corrected chi connectivity index (χ1v) is 9.24. The number of nitro benzene ring substituents is 1. The Morgan fingerprint density at radius 1 is 1.10 bits per heavy atom. The summed E-state index contributed by atoms with van der Waals surface area (Å²) in [6.45, 7) is 4.95. The average Bonchev–Trinajstić information content (AvgIpc) is 3.00. The first-order valence-electron chi connectivity index (χ1n) is 9.24. The second-order valence-electron chi connectivity index (χ2n) is 7.34. The molecule has 2 heterocycles. The Labute approximate surface area is 166 Å². The Balaban J connectivity index is 2.16. The van der Waals surface area contributed by atoms with Crippen LogP contribution in [0.3, 0.4) is 0 Å². The molecule has 29 heavy (non-hydrogen) atoms. The van der Waals surface area contributed by atoms with Crippen molar-refractivity contribution in [2.45, 2.75) is 20.4 Å². The van der Waals surface area contributed by atoms with E-state index in [1.165, 1.54) is 28.8 Å². The maximum Gasteiger partial charge on any atom is 0.273 e. The molecule has 4 rings (SSSR count). The molecular formula is C22H18N4O3. The largest absolute Gasteiger partial charge is 0.339 e. The number of rotatable bonds is 4. The summed E-state index contributed by atoms with van der Waals surface area (Å²) in [5, 5.41) is 21.4. The SMILES string of the molecule is CC(C)Cn1c2ccccc2c2c1cc(C#N)c(=O)n2-c1ccc([N+](=O)[O-])cc1. The first-order chi connectivity index (χ1) is 13.9. The van der Waals surface area contributed by atoms with Crippen molar-refractivity contribution < 1.29 is 4.92 Å². The average molecular weight is 386 g/mol. The van der Waals surface area contributed by atoms with E-state index in [2.05, 4.69) is 18.4 Å². The normalized spacial score (nSPS) is 11.2. The minimum absolute atomic E-state index is 0.0312. The molecule has 7 heteroatoms. The van der Waals surface area contributed by atoms with Gasteiger partial charge in [-0.2, -0.15) is 5.26 Å². The van der Waals surface area contributed by atoms with Gasteiger partial charge >= 0.3 is 0 Å². The lowest BCUT2D eigenvalue weighted by molar-refractivity contribution is -0.384. The van der Waals surface area contributed by atoms with E-state index in [1.54, 1.807) is 6.07 Å². The first kappa shape index (κ1) is 18.4. The molecule has 0 bridgehead atoms. The molecule has 2 aromatic carbocycles. The summed E-state index contributed by atoms with van der Waals surface area (Å²) in [5.41, 5.74) is 2.46. The smallest absolute Gasteiger partial charge is 0.273 e. The highest BCUT2D eigenvalue weighted by molar-refractivity contribution is 6.07. The van der Waals surface area contributed by atoms with Gasteiger partial charge in [0.2, 0.25) is 0 Å². The second kappa shape index (κ2) is 6.91. The summed E-state index contributed by atoms with van der Waals surface area (Å²) in [6, 6.07) is 17.2. The topological polar surface area (TPSA) is 93.9 Å². The minimum atomic E-state index is -0.484. The lowest BCUT2D eigenvalue weighted by Crippen LogP contribution is -2.21. The number of benzene rings is 2. The summed E-state index contributed by atoms with van der Waals surface area (Å²) in [5.74, 6) is 0.360. The third-order valence-corrected chi connectivity index (χ3v) is 4.91. The van der Waals surface area contributed by atoms with Gasteiger partial charge in [0.05, 0.1) is 21.5 Å². The Morgan fingerprint density at radius 2 is 1.79 bits per heavy atom. The van der Waals surface area contributed by atoms with Crippen LogP contribution >= 0.6 is 0 Å². The number of hydrogen-bond acceptors (Lipinski definition) is 4. The number of pyridine rings is 1. The number of non-ortho nitro benzene ring substituents is 1. The summed E-state index contributed by atoms with van der Waals surface area (Å²) in [7, 11) is 0. The van der Waals surface area contributed by atoms with E-state index >= 15 is 0 Å². The van der Waals surface area contributed by atoms with Gasteiger partial charge in [-0.15, -0.1) is 0 Å². The van der Waals surface area contributed by atoms with Gasteiger partial charge in [-0.25, -0.2) is 0 Å². The van der Waals surface area contributed by atoms with Crippen molar-refractivity contribution in [1.29, 1.82) is 5.26 Å². The Morgan fingerprint density at radius 3 is 2.41 bits per heavy atom. The fraction of sp³-hybridized carbons (Fsp3) is 0.182. The molecule has 0 radical (unpaired) electrons. The van der Waals surface area contributed by atoms with E-state index in [1.807, 2.05) is 30.3 Å². The van der Waals surface area contributed by atoms with Crippen molar-refractivity contribution in [3.05, 3.63) is 80.6 Å². The van der Waals surface area contributed by atoms with Gasteiger partial charge < -0.3 is 4.57 Å². The predicted octanol–water partition coefficient (Wildman–Crippen LogP) is 4.38. The monoisotopic (exact) mass is 386 g/mol. The van der Waals surface area contributed by atoms with Crippen molar-refractivity contribution in [2.24, 2.45) is 5.92 Å². The van der Waals surface area contributed by atoms with E-state index in [-0.39, 0.29) is 11.3 Å². The van der Waals surface area contributed by atoms with Crippen LogP contribution in [0.2, 0.25) is 0 Å². The molecule has 0 saturated carbocycles. The van der Waals surface area contributed by atoms with Gasteiger partial charge in [0.1, 0.15) is 11.6 Å². The van der Waals surface area contributed by atoms with E-state index in [0.717, 1.165) is 23.0 Å². The van der Waals surface area contributed by atoms with Crippen LogP contribution < -0.4 is 5.56 Å². The lowest BCUT2D eigenvalue weighted by Gasteiger charge is -2.12. The molecule has 0 atom stereocenters. The lowest BCUT2D eigenvalue weighted by atomic mass is 10.2. The molecule has 2 aromatic heterocycles. The highest BCUT2D eigenvalue weighted by atomic mass is 16.6. The molecule has 0 N–H and O–H groups in total. The Kier molecular flexibility index (Phi) is 4.40. The number of hydrogen-bond donors (Lipinski definition) is 0. The summed E-state index contributed by atoms with van der Waals surface area (Å²) in [4.78, 5) is 23.6.